The molecule has 0 spiro atoms. The van der Waals surface area contributed by atoms with Gasteiger partial charge in [0.25, 0.3) is 0 Å². The van der Waals surface area contributed by atoms with E-state index in [9.17, 15) is 5.11 Å². The van der Waals surface area contributed by atoms with E-state index in [4.69, 9.17) is 0 Å². The Morgan fingerprint density at radius 2 is 2.47 bits per heavy atom. The van der Waals surface area contributed by atoms with Gasteiger partial charge in [0.05, 0.1) is 7.05 Å². The molecule has 0 saturated heterocycles. The lowest BCUT2D eigenvalue weighted by atomic mass is 10.3. The summed E-state index contributed by atoms with van der Waals surface area (Å²) in [7, 11) is 1.67. The van der Waals surface area contributed by atoms with Crippen molar-refractivity contribution in [1.82, 2.24) is 25.5 Å². The molecule has 0 amide bonds. The number of hydrogen-bond donors (Lipinski definition) is 2. The van der Waals surface area contributed by atoms with Crippen LogP contribution in [0.25, 0.3) is 0 Å². The zero-order valence-corrected chi connectivity index (χ0v) is 10.8. The second-order valence-corrected chi connectivity index (χ2v) is 4.40. The molecule has 0 fully saturated rings. The molecule has 2 rings (SSSR count). The predicted octanol–water partition coefficient (Wildman–Crippen LogP) is -2.79. The van der Waals surface area contributed by atoms with Crippen LogP contribution in [-0.2, 0) is 13.6 Å². The maximum Gasteiger partial charge on any atom is 1.00 e. The van der Waals surface area contributed by atoms with Crippen molar-refractivity contribution < 1.29 is 18.9 Å². The zero-order valence-electron chi connectivity index (χ0n) is 10.2. The number of rotatable bonds is 5. The van der Waals surface area contributed by atoms with E-state index < -0.39 is 6.10 Å². The minimum atomic E-state index is -0.714. The van der Waals surface area contributed by atoms with Gasteiger partial charge in [0.1, 0.15) is 6.10 Å². The molecule has 1 atom stereocenters. The number of thiophene rings is 1. The molecule has 2 heterocycles. The second kappa shape index (κ2) is 6.65. The molecule has 2 aromatic rings. The van der Waals surface area contributed by atoms with Crippen LogP contribution in [0.4, 0.5) is 0 Å². The zero-order chi connectivity index (χ0) is 11.4. The first-order valence-corrected chi connectivity index (χ1v) is 5.79. The van der Waals surface area contributed by atoms with Gasteiger partial charge in [-0.3, -0.25) is 0 Å². The predicted molar refractivity (Wildman–Crippen MR) is 60.9 cm³/mol. The first kappa shape index (κ1) is 14.0. The third-order valence-electron chi connectivity index (χ3n) is 2.04. The first-order valence-electron chi connectivity index (χ1n) is 4.91. The summed E-state index contributed by atoms with van der Waals surface area (Å²) < 4.78 is 0. The van der Waals surface area contributed by atoms with Crippen molar-refractivity contribution in [2.75, 3.05) is 6.54 Å². The van der Waals surface area contributed by atoms with Crippen molar-refractivity contribution in [2.24, 2.45) is 7.05 Å². The molecule has 2 aromatic heterocycles. The molecule has 0 radical (unpaired) electrons. The van der Waals surface area contributed by atoms with Gasteiger partial charge in [0.2, 0.25) is 5.82 Å². The highest BCUT2D eigenvalue weighted by Crippen LogP contribution is 2.08. The van der Waals surface area contributed by atoms with Crippen LogP contribution in [-0.4, -0.2) is 31.9 Å². The van der Waals surface area contributed by atoms with E-state index >= 15 is 0 Å². The van der Waals surface area contributed by atoms with Crippen LogP contribution >= 0.6 is 11.3 Å². The number of aliphatic hydroxyl groups excluding tert-OH is 1. The Morgan fingerprint density at radius 3 is 3.06 bits per heavy atom. The number of hydrogen-bond acceptors (Lipinski definition) is 6. The third kappa shape index (κ3) is 4.04. The van der Waals surface area contributed by atoms with Gasteiger partial charge in [-0.1, -0.05) is 6.07 Å². The summed E-state index contributed by atoms with van der Waals surface area (Å²) in [5, 5.41) is 26.2. The van der Waals surface area contributed by atoms with Crippen LogP contribution in [0.5, 0.6) is 0 Å². The van der Waals surface area contributed by atoms with Gasteiger partial charge in [-0.15, -0.1) is 21.5 Å². The molecule has 0 bridgehead atoms. The minimum absolute atomic E-state index is 0. The Hall–Kier alpha value is -1.02. The number of halogens is 1. The third-order valence-corrected chi connectivity index (χ3v) is 2.92. The van der Waals surface area contributed by atoms with Gasteiger partial charge in [-0.05, 0) is 16.7 Å². The fourth-order valence-corrected chi connectivity index (χ4v) is 1.94. The largest absolute Gasteiger partial charge is 1.00 e. The Balaban J connectivity index is 0.00000144. The molecule has 0 aliphatic carbocycles. The lowest BCUT2D eigenvalue weighted by Crippen LogP contribution is -3.00. The molecule has 6 nitrogen and oxygen atoms in total. The fraction of sp³-hybridized carbons (Fsp3) is 0.444. The highest BCUT2D eigenvalue weighted by atomic mass is 35.5. The highest BCUT2D eigenvalue weighted by Gasteiger charge is 2.12. The van der Waals surface area contributed by atoms with E-state index in [1.807, 2.05) is 17.5 Å². The van der Waals surface area contributed by atoms with E-state index in [2.05, 4.69) is 20.7 Å². The van der Waals surface area contributed by atoms with E-state index in [0.29, 0.717) is 12.4 Å². The molecule has 1 unspecified atom stereocenters. The normalized spacial score (nSPS) is 12.1. The molecule has 17 heavy (non-hydrogen) atoms. The summed E-state index contributed by atoms with van der Waals surface area (Å²) >= 11 is 1.68. The van der Waals surface area contributed by atoms with Crippen molar-refractivity contribution >= 4 is 11.3 Å². The average Bonchev–Trinajstić information content (AvgIpc) is 2.89. The van der Waals surface area contributed by atoms with E-state index in [0.717, 1.165) is 6.54 Å². The van der Waals surface area contributed by atoms with Crippen LogP contribution in [0.3, 0.4) is 0 Å². The van der Waals surface area contributed by atoms with Crippen molar-refractivity contribution in [1.29, 1.82) is 0 Å². The van der Waals surface area contributed by atoms with Gasteiger partial charge < -0.3 is 22.8 Å². The Labute approximate surface area is 111 Å². The molecule has 0 aliphatic heterocycles. The van der Waals surface area contributed by atoms with E-state index in [1.165, 1.54) is 9.67 Å². The lowest BCUT2D eigenvalue weighted by Gasteiger charge is -2.06. The number of aromatic nitrogens is 4. The highest BCUT2D eigenvalue weighted by molar-refractivity contribution is 7.09. The van der Waals surface area contributed by atoms with Crippen LogP contribution < -0.4 is 17.7 Å². The van der Waals surface area contributed by atoms with E-state index in [1.54, 1.807) is 18.4 Å². The minimum Gasteiger partial charge on any atom is -1.00 e. The van der Waals surface area contributed by atoms with Gasteiger partial charge in [-0.2, -0.15) is 4.80 Å². The van der Waals surface area contributed by atoms with Crippen LogP contribution in [0.2, 0.25) is 0 Å². The second-order valence-electron chi connectivity index (χ2n) is 3.36. The van der Waals surface area contributed by atoms with Crippen LogP contribution in [0.15, 0.2) is 17.5 Å². The average molecular weight is 276 g/mol. The van der Waals surface area contributed by atoms with Crippen molar-refractivity contribution in [3.63, 3.8) is 0 Å². The van der Waals surface area contributed by atoms with Crippen LogP contribution in [0, 0.1) is 0 Å². The van der Waals surface area contributed by atoms with Gasteiger partial charge in [-0.25, -0.2) is 0 Å². The fourth-order valence-electron chi connectivity index (χ4n) is 1.27. The van der Waals surface area contributed by atoms with Crippen molar-refractivity contribution in [3.05, 3.63) is 28.2 Å². The van der Waals surface area contributed by atoms with E-state index in [-0.39, 0.29) is 13.8 Å². The Morgan fingerprint density at radius 1 is 1.65 bits per heavy atom. The summed E-state index contributed by atoms with van der Waals surface area (Å²) in [5.41, 5.74) is 0. The van der Waals surface area contributed by atoms with Gasteiger partial charge >= 0.3 is 1.43 Å². The van der Waals surface area contributed by atoms with Gasteiger partial charge in [0, 0.05) is 18.0 Å². The summed E-state index contributed by atoms with van der Waals surface area (Å²) in [6.07, 6.45) is -0.714. The quantitative estimate of drug-likeness (QED) is 0.617. The molecular formula is C9H14ClN5OS. The summed E-state index contributed by atoms with van der Waals surface area (Å²) in [5.74, 6) is 0.348. The Bertz CT molecular complexity index is 438. The maximum absolute atomic E-state index is 9.73. The topological polar surface area (TPSA) is 75.9 Å². The molecule has 0 aliphatic rings. The molecular weight excluding hydrogens is 262 g/mol. The SMILES string of the molecule is Cn1nnc(C(O)CNCc2cccs2)n1.[Cl-].[H+]. The number of tetrazole rings is 1. The van der Waals surface area contributed by atoms with Gasteiger partial charge in [0.15, 0.2) is 0 Å². The molecule has 94 valence electrons. The standard InChI is InChI=1S/C9H13N5OS.ClH/c1-14-12-9(11-13-14)8(15)6-10-5-7-3-2-4-16-7;/h2-4,8,10,15H,5-6H2,1H3;1H. The molecule has 2 N–H and O–H groups in total. The number of nitrogens with zero attached hydrogens (tertiary/aromatic N) is 4. The Kier molecular flexibility index (Phi) is 5.49. The molecule has 0 aromatic carbocycles. The monoisotopic (exact) mass is 275 g/mol. The number of aryl methyl sites for hydroxylation is 1. The number of aliphatic hydroxyl groups is 1. The summed E-state index contributed by atoms with van der Waals surface area (Å²) in [4.78, 5) is 2.57. The summed E-state index contributed by atoms with van der Waals surface area (Å²) in [6.45, 7) is 1.17. The summed E-state index contributed by atoms with van der Waals surface area (Å²) in [6, 6.07) is 4.05. The van der Waals surface area contributed by atoms with Crippen molar-refractivity contribution in [2.45, 2.75) is 12.6 Å². The van der Waals surface area contributed by atoms with Crippen molar-refractivity contribution in [3.8, 4) is 0 Å². The number of nitrogens with one attached hydrogen (secondary N) is 1. The van der Waals surface area contributed by atoms with Crippen LogP contribution in [0.1, 0.15) is 18.2 Å². The first-order chi connectivity index (χ1) is 7.75. The maximum atomic E-state index is 9.73. The lowest BCUT2D eigenvalue weighted by molar-refractivity contribution is -0.00000511. The molecule has 0 saturated carbocycles. The smallest absolute Gasteiger partial charge is 1.00 e. The molecule has 8 heteroatoms.